The van der Waals surface area contributed by atoms with Crippen LogP contribution in [0.2, 0.25) is 0 Å². The van der Waals surface area contributed by atoms with Crippen molar-refractivity contribution in [1.82, 2.24) is 0 Å². The van der Waals surface area contributed by atoms with Crippen molar-refractivity contribution >= 4 is 7.12 Å². The van der Waals surface area contributed by atoms with E-state index in [4.69, 9.17) is 10.0 Å². The molecule has 0 atom stereocenters. The lowest BCUT2D eigenvalue weighted by Crippen LogP contribution is -2.16. The summed E-state index contributed by atoms with van der Waals surface area (Å²) < 4.78 is 0. The summed E-state index contributed by atoms with van der Waals surface area (Å²) >= 11 is 0. The first-order valence-corrected chi connectivity index (χ1v) is 3.78. The van der Waals surface area contributed by atoms with Crippen molar-refractivity contribution in [3.8, 4) is 0 Å². The molecule has 0 bridgehead atoms. The highest BCUT2D eigenvalue weighted by molar-refractivity contribution is 6.50. The fourth-order valence-electron chi connectivity index (χ4n) is 0.949. The van der Waals surface area contributed by atoms with Crippen LogP contribution >= 0.6 is 0 Å². The smallest absolute Gasteiger partial charge is 0.423 e. The number of hydrogen-bond acceptors (Lipinski definition) is 2. The van der Waals surface area contributed by atoms with E-state index in [0.717, 1.165) is 5.56 Å². The minimum Gasteiger partial charge on any atom is -0.423 e. The molecule has 2 N–H and O–H groups in total. The average molecular weight is 162 g/mol. The van der Waals surface area contributed by atoms with Crippen molar-refractivity contribution < 1.29 is 10.0 Å². The van der Waals surface area contributed by atoms with Gasteiger partial charge in [-0.2, -0.15) is 0 Å². The second-order valence-electron chi connectivity index (χ2n) is 2.69. The Morgan fingerprint density at radius 1 is 1.25 bits per heavy atom. The molecule has 0 amide bonds. The summed E-state index contributed by atoms with van der Waals surface area (Å²) in [6.45, 7) is 3.55. The molecule has 0 aromatic heterocycles. The van der Waals surface area contributed by atoms with Gasteiger partial charge in [0, 0.05) is 0 Å². The van der Waals surface area contributed by atoms with Gasteiger partial charge in [0.15, 0.2) is 0 Å². The molecule has 0 radical (unpaired) electrons. The number of benzene rings is 1. The summed E-state index contributed by atoms with van der Waals surface area (Å²) in [4.78, 5) is 0. The van der Waals surface area contributed by atoms with Crippen molar-refractivity contribution in [2.45, 2.75) is 6.42 Å². The molecule has 0 aliphatic rings. The molecule has 2 nitrogen and oxygen atoms in total. The Kier molecular flexibility index (Phi) is 3.08. The molecule has 0 saturated carbocycles. The van der Waals surface area contributed by atoms with Crippen LogP contribution in [0.25, 0.3) is 0 Å². The van der Waals surface area contributed by atoms with E-state index in [1.54, 1.807) is 0 Å². The molecule has 0 aliphatic carbocycles. The topological polar surface area (TPSA) is 40.5 Å². The third kappa shape index (κ3) is 2.53. The van der Waals surface area contributed by atoms with E-state index in [0.29, 0.717) is 11.9 Å². The molecule has 12 heavy (non-hydrogen) atoms. The fraction of sp³-hybridized carbons (Fsp3) is 0.111. The quantitative estimate of drug-likeness (QED) is 0.645. The Balaban J connectivity index is 2.59. The summed E-state index contributed by atoms with van der Waals surface area (Å²) in [5.74, 6) is 0. The molecule has 0 unspecified atom stereocenters. The summed E-state index contributed by atoms with van der Waals surface area (Å²) in [6.07, 6.45) is 0.512. The van der Waals surface area contributed by atoms with Crippen LogP contribution in [-0.2, 0) is 6.42 Å². The molecular weight excluding hydrogens is 151 g/mol. The predicted molar refractivity (Wildman–Crippen MR) is 49.5 cm³/mol. The highest BCUT2D eigenvalue weighted by atomic mass is 16.4. The van der Waals surface area contributed by atoms with E-state index >= 15 is 0 Å². The lowest BCUT2D eigenvalue weighted by Gasteiger charge is -2.03. The van der Waals surface area contributed by atoms with Gasteiger partial charge in [-0.3, -0.25) is 0 Å². The number of allylic oxidation sites excluding steroid dienone is 1. The molecule has 1 rings (SSSR count). The maximum absolute atomic E-state index is 8.74. The van der Waals surface area contributed by atoms with Crippen LogP contribution in [-0.4, -0.2) is 17.2 Å². The van der Waals surface area contributed by atoms with E-state index in [2.05, 4.69) is 6.58 Å². The van der Waals surface area contributed by atoms with E-state index in [9.17, 15) is 0 Å². The SMILES string of the molecule is C=C(Cc1ccccc1)B(O)O. The Bertz CT molecular complexity index is 256. The summed E-state index contributed by atoms with van der Waals surface area (Å²) in [6, 6.07) is 9.58. The van der Waals surface area contributed by atoms with Crippen molar-refractivity contribution in [2.24, 2.45) is 0 Å². The zero-order valence-electron chi connectivity index (χ0n) is 6.77. The molecule has 0 heterocycles. The Hall–Kier alpha value is -1.06. The minimum absolute atomic E-state index is 0.418. The molecule has 1 aromatic rings. The Morgan fingerprint density at radius 2 is 1.83 bits per heavy atom. The molecule has 0 spiro atoms. The third-order valence-corrected chi connectivity index (χ3v) is 1.64. The second kappa shape index (κ2) is 4.09. The van der Waals surface area contributed by atoms with Gasteiger partial charge in [0.2, 0.25) is 0 Å². The maximum atomic E-state index is 8.74. The first-order valence-electron chi connectivity index (χ1n) is 3.78. The second-order valence-corrected chi connectivity index (χ2v) is 2.69. The summed E-state index contributed by atoms with van der Waals surface area (Å²) in [5, 5.41) is 17.5. The Labute approximate surface area is 72.3 Å². The fourth-order valence-corrected chi connectivity index (χ4v) is 0.949. The van der Waals surface area contributed by atoms with Gasteiger partial charge in [0.25, 0.3) is 0 Å². The third-order valence-electron chi connectivity index (χ3n) is 1.64. The van der Waals surface area contributed by atoms with Gasteiger partial charge in [0.1, 0.15) is 0 Å². The van der Waals surface area contributed by atoms with Gasteiger partial charge in [-0.25, -0.2) is 0 Å². The predicted octanol–water partition coefficient (Wildman–Crippen LogP) is 0.797. The van der Waals surface area contributed by atoms with Gasteiger partial charge in [-0.15, -0.1) is 6.58 Å². The normalized spacial score (nSPS) is 9.50. The maximum Gasteiger partial charge on any atom is 0.483 e. The highest BCUT2D eigenvalue weighted by Crippen LogP contribution is 2.06. The zero-order chi connectivity index (χ0) is 8.97. The largest absolute Gasteiger partial charge is 0.483 e. The van der Waals surface area contributed by atoms with Crippen molar-refractivity contribution in [1.29, 1.82) is 0 Å². The number of rotatable bonds is 3. The highest BCUT2D eigenvalue weighted by Gasteiger charge is 2.11. The van der Waals surface area contributed by atoms with Gasteiger partial charge >= 0.3 is 7.12 Å². The molecular formula is C9H11BO2. The van der Waals surface area contributed by atoms with Crippen LogP contribution in [0.3, 0.4) is 0 Å². The van der Waals surface area contributed by atoms with Gasteiger partial charge in [-0.05, 0) is 17.5 Å². The Morgan fingerprint density at radius 3 is 2.33 bits per heavy atom. The molecule has 3 heteroatoms. The van der Waals surface area contributed by atoms with Gasteiger partial charge in [-0.1, -0.05) is 30.3 Å². The van der Waals surface area contributed by atoms with Gasteiger partial charge < -0.3 is 10.0 Å². The molecule has 62 valence electrons. The zero-order valence-corrected chi connectivity index (χ0v) is 6.77. The van der Waals surface area contributed by atoms with Gasteiger partial charge in [0.05, 0.1) is 0 Å². The van der Waals surface area contributed by atoms with Crippen molar-refractivity contribution in [3.05, 3.63) is 47.9 Å². The van der Waals surface area contributed by atoms with Crippen LogP contribution in [0, 0.1) is 0 Å². The van der Waals surface area contributed by atoms with Crippen LogP contribution in [0.5, 0.6) is 0 Å². The average Bonchev–Trinajstić information content (AvgIpc) is 2.06. The monoisotopic (exact) mass is 162 g/mol. The molecule has 0 aliphatic heterocycles. The van der Waals surface area contributed by atoms with E-state index < -0.39 is 7.12 Å². The van der Waals surface area contributed by atoms with E-state index in [1.807, 2.05) is 30.3 Å². The van der Waals surface area contributed by atoms with Crippen LogP contribution in [0.1, 0.15) is 5.56 Å². The molecule has 0 saturated heterocycles. The van der Waals surface area contributed by atoms with E-state index in [-0.39, 0.29) is 0 Å². The first-order chi connectivity index (χ1) is 5.70. The lowest BCUT2D eigenvalue weighted by molar-refractivity contribution is 0.418. The summed E-state index contributed by atoms with van der Waals surface area (Å²) in [7, 11) is -1.41. The van der Waals surface area contributed by atoms with Crippen molar-refractivity contribution in [3.63, 3.8) is 0 Å². The van der Waals surface area contributed by atoms with Crippen LogP contribution in [0.15, 0.2) is 42.4 Å². The first kappa shape index (κ1) is 9.04. The standard InChI is InChI=1S/C9H11BO2/c1-8(10(11)12)7-9-5-3-2-4-6-9/h2-6,11-12H,1,7H2. The molecule has 1 aromatic carbocycles. The molecule has 0 fully saturated rings. The summed E-state index contributed by atoms with van der Waals surface area (Å²) in [5.41, 5.74) is 1.46. The van der Waals surface area contributed by atoms with Crippen LogP contribution < -0.4 is 0 Å². The van der Waals surface area contributed by atoms with Crippen LogP contribution in [0.4, 0.5) is 0 Å². The lowest BCUT2D eigenvalue weighted by atomic mass is 9.77. The minimum atomic E-state index is -1.41. The number of hydrogen-bond donors (Lipinski definition) is 2. The van der Waals surface area contributed by atoms with Crippen molar-refractivity contribution in [2.75, 3.05) is 0 Å². The van der Waals surface area contributed by atoms with E-state index in [1.165, 1.54) is 0 Å².